The lowest BCUT2D eigenvalue weighted by atomic mass is 9.82. The molecule has 0 aliphatic heterocycles. The van der Waals surface area contributed by atoms with Crippen LogP contribution in [0, 0.1) is 6.92 Å². The number of hydrogen-bond donors (Lipinski definition) is 0. The predicted octanol–water partition coefficient (Wildman–Crippen LogP) is 3.76. The summed E-state index contributed by atoms with van der Waals surface area (Å²) in [4.78, 5) is 2.54. The van der Waals surface area contributed by atoms with Gasteiger partial charge in [-0.2, -0.15) is 0 Å². The zero-order valence-electron chi connectivity index (χ0n) is 11.7. The van der Waals surface area contributed by atoms with Crippen LogP contribution in [-0.2, 0) is 5.41 Å². The Labute approximate surface area is 106 Å². The van der Waals surface area contributed by atoms with Crippen LogP contribution in [-0.4, -0.2) is 24.5 Å². The molecule has 2 rings (SSSR count). The summed E-state index contributed by atoms with van der Waals surface area (Å²) in [5.74, 6) is 0. The van der Waals surface area contributed by atoms with Crippen LogP contribution in [0.4, 0.5) is 0 Å². The van der Waals surface area contributed by atoms with Crippen molar-refractivity contribution in [3.05, 3.63) is 35.4 Å². The highest BCUT2D eigenvalue weighted by atomic mass is 15.1. The van der Waals surface area contributed by atoms with Gasteiger partial charge in [0, 0.05) is 18.0 Å². The van der Waals surface area contributed by atoms with Crippen molar-refractivity contribution in [2.24, 2.45) is 0 Å². The summed E-state index contributed by atoms with van der Waals surface area (Å²) >= 11 is 0. The highest BCUT2D eigenvalue weighted by Gasteiger charge is 2.28. The van der Waals surface area contributed by atoms with E-state index in [9.17, 15) is 0 Å². The molecule has 17 heavy (non-hydrogen) atoms. The van der Waals surface area contributed by atoms with Crippen LogP contribution in [0.3, 0.4) is 0 Å². The molecule has 0 spiro atoms. The fourth-order valence-corrected chi connectivity index (χ4v) is 2.68. The van der Waals surface area contributed by atoms with Gasteiger partial charge in [0.05, 0.1) is 0 Å². The summed E-state index contributed by atoms with van der Waals surface area (Å²) in [5.41, 5.74) is 3.05. The zero-order valence-corrected chi connectivity index (χ0v) is 11.7. The monoisotopic (exact) mass is 231 g/mol. The van der Waals surface area contributed by atoms with E-state index in [1.807, 2.05) is 0 Å². The molecule has 0 bridgehead atoms. The molecule has 0 amide bonds. The van der Waals surface area contributed by atoms with Crippen molar-refractivity contribution in [2.45, 2.75) is 51.5 Å². The van der Waals surface area contributed by atoms with E-state index in [1.54, 1.807) is 0 Å². The van der Waals surface area contributed by atoms with Crippen LogP contribution in [0.2, 0.25) is 0 Å². The Morgan fingerprint density at radius 3 is 2.24 bits per heavy atom. The van der Waals surface area contributed by atoms with Gasteiger partial charge < -0.3 is 4.90 Å². The number of likely N-dealkylation sites (N-methyl/N-ethyl adjacent to an activating group) is 1. The van der Waals surface area contributed by atoms with Crippen molar-refractivity contribution in [1.29, 1.82) is 0 Å². The molecule has 1 fully saturated rings. The lowest BCUT2D eigenvalue weighted by molar-refractivity contribution is 0.134. The maximum Gasteiger partial charge on any atom is 0.00925 e. The van der Waals surface area contributed by atoms with E-state index in [2.05, 4.69) is 57.0 Å². The summed E-state index contributed by atoms with van der Waals surface area (Å²) in [6.07, 6.45) is 4.20. The number of benzene rings is 1. The smallest absolute Gasteiger partial charge is 0.00925 e. The highest BCUT2D eigenvalue weighted by Crippen LogP contribution is 2.29. The van der Waals surface area contributed by atoms with Gasteiger partial charge in [0.1, 0.15) is 0 Å². The van der Waals surface area contributed by atoms with Gasteiger partial charge in [0.15, 0.2) is 0 Å². The summed E-state index contributed by atoms with van der Waals surface area (Å²) in [5, 5.41) is 0. The Kier molecular flexibility index (Phi) is 3.58. The minimum Gasteiger partial charge on any atom is -0.303 e. The first kappa shape index (κ1) is 12.6. The molecular weight excluding hydrogens is 206 g/mol. The van der Waals surface area contributed by atoms with Crippen LogP contribution in [0.5, 0.6) is 0 Å². The molecule has 0 unspecified atom stereocenters. The number of nitrogens with zero attached hydrogens (tertiary/aromatic N) is 1. The van der Waals surface area contributed by atoms with Gasteiger partial charge in [0.2, 0.25) is 0 Å². The third-order valence-electron chi connectivity index (χ3n) is 4.18. The lowest BCUT2D eigenvalue weighted by Crippen LogP contribution is -2.43. The molecular formula is C16H25N. The van der Waals surface area contributed by atoms with Gasteiger partial charge >= 0.3 is 0 Å². The summed E-state index contributed by atoms with van der Waals surface area (Å²) in [7, 11) is 2.28. The summed E-state index contributed by atoms with van der Waals surface area (Å²) in [6.45, 7) is 8.01. The summed E-state index contributed by atoms with van der Waals surface area (Å²) in [6, 6.07) is 9.84. The fourth-order valence-electron chi connectivity index (χ4n) is 2.68. The second kappa shape index (κ2) is 4.81. The van der Waals surface area contributed by atoms with E-state index >= 15 is 0 Å². The maximum absolute atomic E-state index is 2.54. The first-order valence-corrected chi connectivity index (χ1v) is 6.76. The Bertz CT molecular complexity index is 360. The van der Waals surface area contributed by atoms with E-state index in [1.165, 1.54) is 30.4 Å². The van der Waals surface area contributed by atoms with Crippen LogP contribution in [0.15, 0.2) is 24.3 Å². The third kappa shape index (κ3) is 2.90. The van der Waals surface area contributed by atoms with Crippen molar-refractivity contribution in [1.82, 2.24) is 4.90 Å². The van der Waals surface area contributed by atoms with Gasteiger partial charge in [-0.1, -0.05) is 50.1 Å². The number of aryl methyl sites for hydroxylation is 1. The minimum atomic E-state index is 0.248. The maximum atomic E-state index is 2.54. The molecule has 1 nitrogen and oxygen atoms in total. The van der Waals surface area contributed by atoms with E-state index < -0.39 is 0 Å². The van der Waals surface area contributed by atoms with E-state index in [0.717, 1.165) is 12.6 Å². The summed E-state index contributed by atoms with van der Waals surface area (Å²) < 4.78 is 0. The Hall–Kier alpha value is -0.820. The topological polar surface area (TPSA) is 3.24 Å². The van der Waals surface area contributed by atoms with E-state index in [-0.39, 0.29) is 5.41 Å². The Balaban J connectivity index is 2.04. The Morgan fingerprint density at radius 1 is 1.18 bits per heavy atom. The van der Waals surface area contributed by atoms with Crippen LogP contribution >= 0.6 is 0 Å². The molecule has 1 aromatic carbocycles. The third-order valence-corrected chi connectivity index (χ3v) is 4.18. The average molecular weight is 231 g/mol. The van der Waals surface area contributed by atoms with Crippen LogP contribution in [0.1, 0.15) is 44.2 Å². The molecule has 0 saturated heterocycles. The Morgan fingerprint density at radius 2 is 1.76 bits per heavy atom. The number of rotatable bonds is 4. The molecule has 0 atom stereocenters. The second-order valence-corrected chi connectivity index (χ2v) is 6.25. The predicted molar refractivity (Wildman–Crippen MR) is 74.5 cm³/mol. The van der Waals surface area contributed by atoms with Crippen molar-refractivity contribution in [3.63, 3.8) is 0 Å². The molecule has 1 aliphatic rings. The van der Waals surface area contributed by atoms with Crippen molar-refractivity contribution in [3.8, 4) is 0 Å². The van der Waals surface area contributed by atoms with Gasteiger partial charge in [-0.15, -0.1) is 0 Å². The van der Waals surface area contributed by atoms with E-state index in [0.29, 0.717) is 0 Å². The van der Waals surface area contributed by atoms with Crippen LogP contribution < -0.4 is 0 Å². The standard InChI is InChI=1S/C16H25N/c1-13-8-10-14(11-9-13)16(2,3)12-17(4)15-6-5-7-15/h8-11,15H,5-7,12H2,1-4H3. The second-order valence-electron chi connectivity index (χ2n) is 6.25. The van der Waals surface area contributed by atoms with Gasteiger partial charge in [-0.25, -0.2) is 0 Å². The molecule has 1 aliphatic carbocycles. The largest absolute Gasteiger partial charge is 0.303 e. The van der Waals surface area contributed by atoms with Crippen molar-refractivity contribution >= 4 is 0 Å². The fraction of sp³-hybridized carbons (Fsp3) is 0.625. The first-order chi connectivity index (χ1) is 7.99. The molecule has 0 aromatic heterocycles. The quantitative estimate of drug-likeness (QED) is 0.762. The molecule has 94 valence electrons. The molecule has 0 radical (unpaired) electrons. The molecule has 0 heterocycles. The molecule has 1 aromatic rings. The van der Waals surface area contributed by atoms with Crippen molar-refractivity contribution in [2.75, 3.05) is 13.6 Å². The first-order valence-electron chi connectivity index (χ1n) is 6.76. The zero-order chi connectivity index (χ0) is 12.5. The SMILES string of the molecule is Cc1ccc(C(C)(C)CN(C)C2CCC2)cc1. The average Bonchev–Trinajstić information content (AvgIpc) is 2.14. The number of hydrogen-bond acceptors (Lipinski definition) is 1. The lowest BCUT2D eigenvalue weighted by Gasteiger charge is -2.39. The molecule has 0 N–H and O–H groups in total. The molecule has 1 heteroatoms. The van der Waals surface area contributed by atoms with Crippen molar-refractivity contribution < 1.29 is 0 Å². The van der Waals surface area contributed by atoms with Gasteiger partial charge in [-0.3, -0.25) is 0 Å². The minimum absolute atomic E-state index is 0.248. The normalized spacial score (nSPS) is 17.2. The highest BCUT2D eigenvalue weighted by molar-refractivity contribution is 5.27. The van der Waals surface area contributed by atoms with Crippen LogP contribution in [0.25, 0.3) is 0 Å². The molecule has 1 saturated carbocycles. The van der Waals surface area contributed by atoms with Gasteiger partial charge in [0.25, 0.3) is 0 Å². The van der Waals surface area contributed by atoms with E-state index in [4.69, 9.17) is 0 Å². The van der Waals surface area contributed by atoms with Gasteiger partial charge in [-0.05, 0) is 32.4 Å².